The molecule has 2 rings (SSSR count). The maximum absolute atomic E-state index is 8.98. The first-order valence-electron chi connectivity index (χ1n) is 8.61. The first-order valence-corrected chi connectivity index (χ1v) is 14.2. The van der Waals surface area contributed by atoms with E-state index in [1.165, 1.54) is 4.88 Å². The number of aliphatic hydroxyl groups is 1. The number of hydrogen-bond acceptors (Lipinski definition) is 9. The molecule has 0 unspecified atom stereocenters. The molecule has 0 fully saturated rings. The molecule has 0 radical (unpaired) electrons. The fourth-order valence-electron chi connectivity index (χ4n) is 1.77. The first kappa shape index (κ1) is 42.6. The molecule has 0 spiro atoms. The lowest BCUT2D eigenvalue weighted by Gasteiger charge is -2.01. The van der Waals surface area contributed by atoms with Gasteiger partial charge >= 0.3 is 23.5 Å². The molecular formula is C13H29ClN4O15P3S+. The number of halogens is 1. The van der Waals surface area contributed by atoms with Gasteiger partial charge in [0.25, 0.3) is 6.47 Å². The Morgan fingerprint density at radius 1 is 0.973 bits per heavy atom. The number of phosphoric acid groups is 3. The molecule has 0 atom stereocenters. The van der Waals surface area contributed by atoms with Gasteiger partial charge in [-0.3, -0.25) is 4.79 Å². The zero-order valence-electron chi connectivity index (χ0n) is 19.0. The van der Waals surface area contributed by atoms with Crippen LogP contribution in [0.5, 0.6) is 0 Å². The second kappa shape index (κ2) is 20.5. The Balaban J connectivity index is -0.000000237. The number of aryl methyl sites for hydroxylation is 1. The summed E-state index contributed by atoms with van der Waals surface area (Å²) in [5, 5.41) is 15.9. The van der Waals surface area contributed by atoms with Crippen LogP contribution in [0.1, 0.15) is 22.0 Å². The van der Waals surface area contributed by atoms with Crippen LogP contribution in [0.15, 0.2) is 11.7 Å². The van der Waals surface area contributed by atoms with Crippen LogP contribution in [-0.4, -0.2) is 77.3 Å². The van der Waals surface area contributed by atoms with Gasteiger partial charge in [-0.05, 0) is 6.92 Å². The number of aliphatic hydroxyl groups excluding tert-OH is 1. The van der Waals surface area contributed by atoms with E-state index in [9.17, 15) is 0 Å². The highest BCUT2D eigenvalue weighted by Gasteiger charge is 2.17. The number of thiazole rings is 1. The molecule has 0 saturated heterocycles. The lowest BCUT2D eigenvalue weighted by atomic mass is 10.2. The van der Waals surface area contributed by atoms with Crippen molar-refractivity contribution in [2.45, 2.75) is 26.8 Å². The van der Waals surface area contributed by atoms with Crippen molar-refractivity contribution in [1.29, 1.82) is 0 Å². The maximum atomic E-state index is 8.98. The Kier molecular flexibility index (Phi) is 23.6. The third kappa shape index (κ3) is 36.8. The summed E-state index contributed by atoms with van der Waals surface area (Å²) in [4.78, 5) is 82.6. The van der Waals surface area contributed by atoms with E-state index in [0.717, 1.165) is 11.3 Å². The van der Waals surface area contributed by atoms with Crippen LogP contribution in [0, 0.1) is 13.8 Å². The maximum Gasteiger partial charge on any atom is 0.466 e. The Labute approximate surface area is 219 Å². The molecule has 37 heavy (non-hydrogen) atoms. The Morgan fingerprint density at radius 2 is 1.35 bits per heavy atom. The van der Waals surface area contributed by atoms with Crippen molar-refractivity contribution in [2.24, 2.45) is 0 Å². The fraction of sp³-hybridized carbons (Fsp3) is 0.385. The predicted octanol–water partition coefficient (Wildman–Crippen LogP) is -2.06. The van der Waals surface area contributed by atoms with E-state index < -0.39 is 23.5 Å². The van der Waals surface area contributed by atoms with Crippen LogP contribution >= 0.6 is 47.2 Å². The number of nitrogen functional groups attached to an aromatic ring is 1. The van der Waals surface area contributed by atoms with E-state index in [4.69, 9.17) is 78.5 Å². The monoisotopic (exact) mass is 641 g/mol. The predicted molar refractivity (Wildman–Crippen MR) is 129 cm³/mol. The summed E-state index contributed by atoms with van der Waals surface area (Å²) in [5.41, 5.74) is 10.0. The quantitative estimate of drug-likeness (QED) is 0.0969. The molecule has 2 heterocycles. The summed E-state index contributed by atoms with van der Waals surface area (Å²) in [6, 6.07) is 0. The van der Waals surface area contributed by atoms with Crippen LogP contribution in [0.4, 0.5) is 5.82 Å². The number of nitrogens with two attached hydrogens (primary N) is 1. The lowest BCUT2D eigenvalue weighted by Crippen LogP contribution is -2.35. The Hall–Kier alpha value is -1.44. The van der Waals surface area contributed by atoms with Gasteiger partial charge in [0.15, 0.2) is 12.2 Å². The second-order valence-corrected chi connectivity index (χ2v) is 9.83. The minimum Gasteiger partial charge on any atom is -0.483 e. The van der Waals surface area contributed by atoms with E-state index in [0.29, 0.717) is 24.6 Å². The van der Waals surface area contributed by atoms with Gasteiger partial charge in [-0.2, -0.15) is 4.57 Å². The molecule has 0 aliphatic carbocycles. The average molecular weight is 642 g/mol. The van der Waals surface area contributed by atoms with Crippen LogP contribution in [0.25, 0.3) is 0 Å². The van der Waals surface area contributed by atoms with Gasteiger partial charge in [0.2, 0.25) is 5.51 Å². The smallest absolute Gasteiger partial charge is 0.466 e. The highest BCUT2D eigenvalue weighted by Crippen LogP contribution is 2.26. The summed E-state index contributed by atoms with van der Waals surface area (Å²) in [5.74, 6) is 1.22. The normalized spacial score (nSPS) is 10.4. The topological polar surface area (TPSA) is 346 Å². The summed E-state index contributed by atoms with van der Waals surface area (Å²) in [6.07, 6.45) is 2.47. The van der Waals surface area contributed by atoms with Gasteiger partial charge < -0.3 is 60.0 Å². The number of hydrogen-bond donors (Lipinski definition) is 12. The molecule has 0 aliphatic rings. The van der Waals surface area contributed by atoms with E-state index in [1.807, 2.05) is 19.4 Å². The van der Waals surface area contributed by atoms with Crippen molar-refractivity contribution in [2.75, 3.05) is 12.3 Å². The van der Waals surface area contributed by atoms with Crippen molar-refractivity contribution >= 4 is 59.5 Å². The van der Waals surface area contributed by atoms with Crippen molar-refractivity contribution in [3.05, 3.63) is 33.7 Å². The van der Waals surface area contributed by atoms with Gasteiger partial charge in [0, 0.05) is 26.1 Å². The van der Waals surface area contributed by atoms with Gasteiger partial charge in [0.1, 0.15) is 11.6 Å². The molecular weight excluding hydrogens is 613 g/mol. The van der Waals surface area contributed by atoms with E-state index in [1.54, 1.807) is 17.5 Å². The Morgan fingerprint density at radius 3 is 1.68 bits per heavy atom. The van der Waals surface area contributed by atoms with E-state index in [-0.39, 0.29) is 25.5 Å². The summed E-state index contributed by atoms with van der Waals surface area (Å²) in [6.45, 7) is 4.46. The first-order chi connectivity index (χ1) is 16.0. The number of rotatable bonds is 4. The molecule has 0 amide bonds. The minimum atomic E-state index is -4.64. The third-order valence-corrected chi connectivity index (χ3v) is 4.00. The fourth-order valence-corrected chi connectivity index (χ4v) is 2.75. The SMILES string of the molecule is Cc1ncc(C[n+]2csc(CCO)c2C)c(N)n1.Cl.O=CO.O=P(O)(O)O.O=P(O)(O)O.O=P(O)(O)O. The zero-order valence-corrected chi connectivity index (χ0v) is 23.3. The number of aromatic nitrogens is 3. The molecule has 13 N–H and O–H groups in total. The van der Waals surface area contributed by atoms with Crippen molar-refractivity contribution in [3.8, 4) is 0 Å². The van der Waals surface area contributed by atoms with Crippen molar-refractivity contribution in [3.63, 3.8) is 0 Å². The minimum absolute atomic E-state index is 0. The molecule has 218 valence electrons. The highest BCUT2D eigenvalue weighted by atomic mass is 35.5. The largest absolute Gasteiger partial charge is 0.483 e. The second-order valence-electron chi connectivity index (χ2n) is 5.81. The number of nitrogens with zero attached hydrogens (tertiary/aromatic N) is 3. The third-order valence-electron chi connectivity index (χ3n) is 2.85. The molecule has 0 saturated carbocycles. The molecule has 2 aromatic heterocycles. The summed E-state index contributed by atoms with van der Waals surface area (Å²) in [7, 11) is -13.9. The molecule has 19 nitrogen and oxygen atoms in total. The van der Waals surface area contributed by atoms with Crippen LogP contribution in [0.2, 0.25) is 0 Å². The van der Waals surface area contributed by atoms with Crippen molar-refractivity contribution in [1.82, 2.24) is 9.97 Å². The molecule has 0 aliphatic heterocycles. The average Bonchev–Trinajstić information content (AvgIpc) is 2.94. The Bertz CT molecular complexity index is 986. The molecule has 2 aromatic rings. The lowest BCUT2D eigenvalue weighted by molar-refractivity contribution is -0.689. The number of carbonyl (C=O) groups is 1. The zero-order chi connectivity index (χ0) is 29.3. The number of carboxylic acid groups (broad SMARTS) is 1. The van der Waals surface area contributed by atoms with Crippen LogP contribution in [-0.2, 0) is 31.5 Å². The molecule has 0 aromatic carbocycles. The van der Waals surface area contributed by atoms with Gasteiger partial charge in [-0.25, -0.2) is 23.7 Å². The summed E-state index contributed by atoms with van der Waals surface area (Å²) < 4.78 is 28.8. The molecule has 24 heteroatoms. The standard InChI is InChI=1S/C12H17N4OS.CH2O2.ClH.3H3O4P/c1-8-11(3-4-17)18-7-16(8)6-10-5-14-9(2)15-12(10)13;2-1-3;;3*1-5(2,3)4/h5,7,17H,3-4,6H2,1-2H3,(H2,13,14,15);1H,(H,2,3);1H;3*(H3,1,2,3,4)/q+1;;;;;. The number of anilines is 1. The van der Waals surface area contributed by atoms with Crippen LogP contribution in [0.3, 0.4) is 0 Å². The van der Waals surface area contributed by atoms with E-state index >= 15 is 0 Å². The van der Waals surface area contributed by atoms with Crippen molar-refractivity contribution < 1.29 is 77.3 Å². The van der Waals surface area contributed by atoms with Gasteiger partial charge in [0.05, 0.1) is 10.4 Å². The van der Waals surface area contributed by atoms with Crippen LogP contribution < -0.4 is 10.3 Å². The summed E-state index contributed by atoms with van der Waals surface area (Å²) >= 11 is 1.65. The van der Waals surface area contributed by atoms with E-state index in [2.05, 4.69) is 14.5 Å². The highest BCUT2D eigenvalue weighted by molar-refractivity contribution is 7.45. The van der Waals surface area contributed by atoms with Gasteiger partial charge in [-0.15, -0.1) is 12.4 Å². The van der Waals surface area contributed by atoms with Gasteiger partial charge in [-0.1, -0.05) is 11.3 Å². The molecule has 0 bridgehead atoms.